The van der Waals surface area contributed by atoms with Gasteiger partial charge in [-0.3, -0.25) is 0 Å². The Kier molecular flexibility index (Phi) is 7.19. The van der Waals surface area contributed by atoms with Crippen molar-refractivity contribution in [2.24, 2.45) is 0 Å². The van der Waals surface area contributed by atoms with E-state index in [4.69, 9.17) is 9.47 Å². The smallest absolute Gasteiger partial charge is 0.347 e. The molecule has 0 saturated heterocycles. The lowest BCUT2D eigenvalue weighted by molar-refractivity contribution is 0.0730. The van der Waals surface area contributed by atoms with Gasteiger partial charge in [-0.25, -0.2) is 4.79 Å². The molecule has 0 aliphatic rings. The molecule has 0 atom stereocenters. The molecular weight excluding hydrogens is 382 g/mol. The van der Waals surface area contributed by atoms with E-state index < -0.39 is 5.97 Å². The maximum absolute atomic E-state index is 13.1. The first-order valence-corrected chi connectivity index (χ1v) is 10.5. The lowest BCUT2D eigenvalue weighted by atomic mass is 10.0. The summed E-state index contributed by atoms with van der Waals surface area (Å²) in [6.45, 7) is 0. The summed E-state index contributed by atoms with van der Waals surface area (Å²) < 4.78 is 11.2. The third-order valence-electron chi connectivity index (χ3n) is 4.47. The Morgan fingerprint density at radius 2 is 1.55 bits per heavy atom. The minimum Gasteiger partial charge on any atom is -0.496 e. The number of ether oxygens (including phenoxy) is 2. The Labute approximate surface area is 176 Å². The van der Waals surface area contributed by atoms with E-state index in [1.54, 1.807) is 31.0 Å². The standard InChI is InChI=1S/C24H25NO3S/c1-25(2)21-14-15-22(27-3)23(24(26)28-19-12-8-5-9-13-19)20(21)17-29-16-18-10-6-4-7-11-18/h4-15H,16-17H2,1-3H3. The summed E-state index contributed by atoms with van der Waals surface area (Å²) in [6, 6.07) is 23.2. The number of thioether (sulfide) groups is 1. The van der Waals surface area contributed by atoms with Crippen molar-refractivity contribution in [2.45, 2.75) is 11.5 Å². The summed E-state index contributed by atoms with van der Waals surface area (Å²) in [5.41, 5.74) is 3.62. The van der Waals surface area contributed by atoms with E-state index in [1.807, 2.05) is 67.5 Å². The van der Waals surface area contributed by atoms with Gasteiger partial charge in [0.15, 0.2) is 0 Å². The van der Waals surface area contributed by atoms with E-state index in [0.717, 1.165) is 17.0 Å². The van der Waals surface area contributed by atoms with Crippen molar-refractivity contribution in [3.05, 3.63) is 89.5 Å². The number of benzene rings is 3. The van der Waals surface area contributed by atoms with Gasteiger partial charge in [-0.05, 0) is 29.8 Å². The number of carbonyl (C=O) groups is 1. The molecule has 5 heteroatoms. The summed E-state index contributed by atoms with van der Waals surface area (Å²) >= 11 is 1.76. The average Bonchev–Trinajstić information content (AvgIpc) is 2.74. The molecule has 0 spiro atoms. The zero-order chi connectivity index (χ0) is 20.6. The third kappa shape index (κ3) is 5.33. The first-order chi connectivity index (χ1) is 14.1. The maximum atomic E-state index is 13.1. The van der Waals surface area contributed by atoms with E-state index in [1.165, 1.54) is 5.56 Å². The van der Waals surface area contributed by atoms with Gasteiger partial charge in [0.05, 0.1) is 7.11 Å². The van der Waals surface area contributed by atoms with Crippen LogP contribution in [0, 0.1) is 0 Å². The van der Waals surface area contributed by atoms with Crippen LogP contribution in [0.5, 0.6) is 11.5 Å². The van der Waals surface area contributed by atoms with Crippen molar-refractivity contribution in [1.82, 2.24) is 0 Å². The van der Waals surface area contributed by atoms with Crippen molar-refractivity contribution >= 4 is 23.4 Å². The molecule has 3 aromatic rings. The van der Waals surface area contributed by atoms with Crippen LogP contribution in [0.25, 0.3) is 0 Å². The maximum Gasteiger partial charge on any atom is 0.347 e. The van der Waals surface area contributed by atoms with Crippen LogP contribution in [-0.2, 0) is 11.5 Å². The van der Waals surface area contributed by atoms with Crippen LogP contribution in [0.1, 0.15) is 21.5 Å². The number of hydrogen-bond donors (Lipinski definition) is 0. The number of anilines is 1. The van der Waals surface area contributed by atoms with Crippen LogP contribution in [0.15, 0.2) is 72.8 Å². The summed E-state index contributed by atoms with van der Waals surface area (Å²) in [7, 11) is 5.52. The normalized spacial score (nSPS) is 10.4. The molecule has 0 aromatic heterocycles. The molecule has 0 N–H and O–H groups in total. The van der Waals surface area contributed by atoms with Gasteiger partial charge in [0, 0.05) is 36.9 Å². The molecule has 0 unspecified atom stereocenters. The third-order valence-corrected chi connectivity index (χ3v) is 5.50. The topological polar surface area (TPSA) is 38.8 Å². The fourth-order valence-corrected chi connectivity index (χ4v) is 4.09. The number of methoxy groups -OCH3 is 1. The number of nitrogens with zero attached hydrogens (tertiary/aromatic N) is 1. The SMILES string of the molecule is COc1ccc(N(C)C)c(CSCc2ccccc2)c1C(=O)Oc1ccccc1. The highest BCUT2D eigenvalue weighted by atomic mass is 32.2. The minimum atomic E-state index is -0.410. The van der Waals surface area contributed by atoms with Crippen molar-refractivity contribution in [2.75, 3.05) is 26.1 Å². The summed E-state index contributed by atoms with van der Waals surface area (Å²) in [5, 5.41) is 0. The van der Waals surface area contributed by atoms with E-state index in [2.05, 4.69) is 12.1 Å². The van der Waals surface area contributed by atoms with Crippen LogP contribution in [0.2, 0.25) is 0 Å². The molecule has 0 aliphatic carbocycles. The van der Waals surface area contributed by atoms with E-state index in [9.17, 15) is 4.79 Å². The number of hydrogen-bond acceptors (Lipinski definition) is 5. The zero-order valence-electron chi connectivity index (χ0n) is 16.9. The van der Waals surface area contributed by atoms with Gasteiger partial charge in [0.2, 0.25) is 0 Å². The van der Waals surface area contributed by atoms with Crippen molar-refractivity contribution < 1.29 is 14.3 Å². The van der Waals surface area contributed by atoms with E-state index in [0.29, 0.717) is 22.8 Å². The Morgan fingerprint density at radius 1 is 0.897 bits per heavy atom. The quantitative estimate of drug-likeness (QED) is 0.369. The van der Waals surface area contributed by atoms with Crippen LogP contribution >= 0.6 is 11.8 Å². The second-order valence-corrected chi connectivity index (χ2v) is 7.70. The predicted molar refractivity (Wildman–Crippen MR) is 120 cm³/mol. The highest BCUT2D eigenvalue weighted by Crippen LogP contribution is 2.35. The molecule has 0 fully saturated rings. The summed E-state index contributed by atoms with van der Waals surface area (Å²) in [4.78, 5) is 15.1. The first-order valence-electron chi connectivity index (χ1n) is 9.36. The van der Waals surface area contributed by atoms with Gasteiger partial charge >= 0.3 is 5.97 Å². The number of rotatable bonds is 8. The van der Waals surface area contributed by atoms with Crippen molar-refractivity contribution in [3.63, 3.8) is 0 Å². The molecule has 3 aromatic carbocycles. The number of carbonyl (C=O) groups excluding carboxylic acids is 1. The Morgan fingerprint density at radius 3 is 2.17 bits per heavy atom. The fourth-order valence-electron chi connectivity index (χ4n) is 3.07. The van der Waals surface area contributed by atoms with Crippen LogP contribution in [0.4, 0.5) is 5.69 Å². The molecule has 3 rings (SSSR count). The average molecular weight is 408 g/mol. The van der Waals surface area contributed by atoms with Gasteiger partial charge in [-0.1, -0.05) is 48.5 Å². The lowest BCUT2D eigenvalue weighted by Gasteiger charge is -2.22. The first kappa shape index (κ1) is 20.8. The monoisotopic (exact) mass is 407 g/mol. The largest absolute Gasteiger partial charge is 0.496 e. The number of para-hydroxylation sites is 1. The molecule has 0 saturated carbocycles. The highest BCUT2D eigenvalue weighted by Gasteiger charge is 2.23. The van der Waals surface area contributed by atoms with Gasteiger partial charge < -0.3 is 14.4 Å². The van der Waals surface area contributed by atoms with Crippen LogP contribution in [-0.4, -0.2) is 27.2 Å². The van der Waals surface area contributed by atoms with Crippen LogP contribution < -0.4 is 14.4 Å². The van der Waals surface area contributed by atoms with Gasteiger partial charge in [0.1, 0.15) is 17.1 Å². The second-order valence-electron chi connectivity index (χ2n) is 6.72. The van der Waals surface area contributed by atoms with Gasteiger partial charge in [-0.15, -0.1) is 0 Å². The fraction of sp³-hybridized carbons (Fsp3) is 0.208. The summed E-state index contributed by atoms with van der Waals surface area (Å²) in [6.07, 6.45) is 0. The summed E-state index contributed by atoms with van der Waals surface area (Å²) in [5.74, 6) is 2.15. The second kappa shape index (κ2) is 10.0. The Bertz CT molecular complexity index is 943. The predicted octanol–water partition coefficient (Wildman–Crippen LogP) is 5.41. The van der Waals surface area contributed by atoms with Gasteiger partial charge in [0.25, 0.3) is 0 Å². The molecule has 4 nitrogen and oxygen atoms in total. The molecule has 0 heterocycles. The molecule has 0 bridgehead atoms. The molecule has 150 valence electrons. The van der Waals surface area contributed by atoms with E-state index in [-0.39, 0.29) is 0 Å². The van der Waals surface area contributed by atoms with Gasteiger partial charge in [-0.2, -0.15) is 11.8 Å². The molecule has 29 heavy (non-hydrogen) atoms. The van der Waals surface area contributed by atoms with E-state index >= 15 is 0 Å². The Hall–Kier alpha value is -2.92. The van der Waals surface area contributed by atoms with Crippen molar-refractivity contribution in [3.8, 4) is 11.5 Å². The highest BCUT2D eigenvalue weighted by molar-refractivity contribution is 7.97. The molecule has 0 radical (unpaired) electrons. The molecule has 0 amide bonds. The molecule has 0 aliphatic heterocycles. The van der Waals surface area contributed by atoms with Crippen LogP contribution in [0.3, 0.4) is 0 Å². The van der Waals surface area contributed by atoms with Crippen molar-refractivity contribution in [1.29, 1.82) is 0 Å². The lowest BCUT2D eigenvalue weighted by Crippen LogP contribution is -2.18. The zero-order valence-corrected chi connectivity index (χ0v) is 17.7. The number of esters is 1. The Balaban J connectivity index is 1.91. The molecular formula is C24H25NO3S. The minimum absolute atomic E-state index is 0.410.